The Labute approximate surface area is 166 Å². The number of rotatable bonds is 5. The molecule has 1 unspecified atom stereocenters. The van der Waals surface area contributed by atoms with Gasteiger partial charge in [0.1, 0.15) is 12.3 Å². The van der Waals surface area contributed by atoms with E-state index >= 15 is 0 Å². The number of thiazole rings is 1. The van der Waals surface area contributed by atoms with Gasteiger partial charge in [-0.15, -0.1) is 11.3 Å². The summed E-state index contributed by atoms with van der Waals surface area (Å²) in [5.41, 5.74) is 5.06. The maximum atomic E-state index is 12.6. The molecular weight excluding hydrogens is 374 g/mol. The minimum atomic E-state index is -0.245. The summed E-state index contributed by atoms with van der Waals surface area (Å²) in [6.45, 7) is 1.78. The molecule has 0 bridgehead atoms. The quantitative estimate of drug-likeness (QED) is 0.721. The van der Waals surface area contributed by atoms with Crippen molar-refractivity contribution in [3.05, 3.63) is 65.0 Å². The fourth-order valence-corrected chi connectivity index (χ4v) is 3.71. The van der Waals surface area contributed by atoms with Gasteiger partial charge in [0.15, 0.2) is 6.61 Å². The molecule has 4 rings (SSSR count). The Morgan fingerprint density at radius 2 is 2.11 bits per heavy atom. The van der Waals surface area contributed by atoms with E-state index in [2.05, 4.69) is 10.3 Å². The van der Waals surface area contributed by atoms with E-state index in [1.807, 2.05) is 60.8 Å². The molecule has 28 heavy (non-hydrogen) atoms. The van der Waals surface area contributed by atoms with E-state index in [1.165, 1.54) is 16.2 Å². The van der Waals surface area contributed by atoms with Gasteiger partial charge in [-0.3, -0.25) is 14.5 Å². The third kappa shape index (κ3) is 3.75. The number of hydrogen-bond donors (Lipinski definition) is 1. The second-order valence-electron chi connectivity index (χ2n) is 6.52. The van der Waals surface area contributed by atoms with Gasteiger partial charge in [-0.25, -0.2) is 4.98 Å². The van der Waals surface area contributed by atoms with Crippen LogP contribution in [0, 0.1) is 0 Å². The molecule has 2 heterocycles. The van der Waals surface area contributed by atoms with Gasteiger partial charge in [0, 0.05) is 10.9 Å². The Bertz CT molecular complexity index is 989. The number of carbonyl (C=O) groups excluding carboxylic acids is 2. The molecule has 1 aliphatic rings. The van der Waals surface area contributed by atoms with Crippen molar-refractivity contribution in [2.45, 2.75) is 13.0 Å². The van der Waals surface area contributed by atoms with Crippen molar-refractivity contribution in [1.82, 2.24) is 10.3 Å². The van der Waals surface area contributed by atoms with Crippen LogP contribution in [0.5, 0.6) is 5.75 Å². The summed E-state index contributed by atoms with van der Waals surface area (Å²) in [6, 6.07) is 15.1. The van der Waals surface area contributed by atoms with Crippen molar-refractivity contribution in [2.75, 3.05) is 18.1 Å². The van der Waals surface area contributed by atoms with Crippen molar-refractivity contribution in [2.24, 2.45) is 0 Å². The highest BCUT2D eigenvalue weighted by Gasteiger charge is 2.28. The van der Waals surface area contributed by atoms with Crippen LogP contribution < -0.4 is 15.0 Å². The summed E-state index contributed by atoms with van der Waals surface area (Å²) in [4.78, 5) is 30.8. The Kier molecular flexibility index (Phi) is 5.08. The summed E-state index contributed by atoms with van der Waals surface area (Å²) < 4.78 is 5.53. The lowest BCUT2D eigenvalue weighted by atomic mass is 10.1. The maximum Gasteiger partial charge on any atom is 0.265 e. The van der Waals surface area contributed by atoms with Crippen LogP contribution in [0.1, 0.15) is 18.5 Å². The van der Waals surface area contributed by atoms with Crippen LogP contribution in [-0.2, 0) is 9.59 Å². The lowest BCUT2D eigenvalue weighted by Crippen LogP contribution is -2.45. The van der Waals surface area contributed by atoms with Crippen molar-refractivity contribution < 1.29 is 14.3 Å². The average Bonchev–Trinajstić information content (AvgIpc) is 3.25. The average molecular weight is 393 g/mol. The zero-order valence-corrected chi connectivity index (χ0v) is 16.1. The van der Waals surface area contributed by atoms with Crippen molar-refractivity contribution in [3.8, 4) is 17.0 Å². The standard InChI is InChI=1S/C21H19N3O3S/c1-14(15-5-3-2-4-6-15)23-20(25)10-24-18-9-16(17-12-28-13-22-17)7-8-19(18)27-11-21(24)26/h2-9,12-14H,10-11H2,1H3,(H,23,25). The molecule has 0 aliphatic carbocycles. The van der Waals surface area contributed by atoms with Gasteiger partial charge < -0.3 is 10.1 Å². The van der Waals surface area contributed by atoms with E-state index in [9.17, 15) is 9.59 Å². The van der Waals surface area contributed by atoms with Gasteiger partial charge in [-0.2, -0.15) is 0 Å². The second kappa shape index (κ2) is 7.82. The van der Waals surface area contributed by atoms with E-state index in [0.29, 0.717) is 11.4 Å². The summed E-state index contributed by atoms with van der Waals surface area (Å²) in [6.07, 6.45) is 0. The number of aromatic nitrogens is 1. The number of anilines is 1. The van der Waals surface area contributed by atoms with E-state index in [4.69, 9.17) is 4.74 Å². The molecule has 0 spiro atoms. The molecule has 1 N–H and O–H groups in total. The Hall–Kier alpha value is -3.19. The van der Waals surface area contributed by atoms with Gasteiger partial charge >= 0.3 is 0 Å². The molecule has 0 saturated heterocycles. The monoisotopic (exact) mass is 393 g/mol. The highest BCUT2D eigenvalue weighted by molar-refractivity contribution is 7.07. The van der Waals surface area contributed by atoms with Crippen LogP contribution in [0.4, 0.5) is 5.69 Å². The first-order valence-electron chi connectivity index (χ1n) is 8.92. The van der Waals surface area contributed by atoms with E-state index in [1.54, 1.807) is 5.51 Å². The summed E-state index contributed by atoms with van der Waals surface area (Å²) in [7, 11) is 0. The fraction of sp³-hybridized carbons (Fsp3) is 0.190. The van der Waals surface area contributed by atoms with Crippen LogP contribution in [0.3, 0.4) is 0 Å². The number of amides is 2. The molecule has 1 aromatic heterocycles. The van der Waals surface area contributed by atoms with Gasteiger partial charge in [0.05, 0.1) is 22.9 Å². The van der Waals surface area contributed by atoms with Crippen molar-refractivity contribution in [1.29, 1.82) is 0 Å². The molecule has 1 aliphatic heterocycles. The summed E-state index contributed by atoms with van der Waals surface area (Å²) in [5.74, 6) is 0.115. The molecule has 2 amide bonds. The largest absolute Gasteiger partial charge is 0.482 e. The minimum absolute atomic E-state index is 0.0626. The molecule has 7 heteroatoms. The first kappa shape index (κ1) is 18.2. The minimum Gasteiger partial charge on any atom is -0.482 e. The number of fused-ring (bicyclic) bond motifs is 1. The van der Waals surface area contributed by atoms with Crippen LogP contribution in [-0.4, -0.2) is 29.9 Å². The zero-order valence-electron chi connectivity index (χ0n) is 15.3. The highest BCUT2D eigenvalue weighted by Crippen LogP contribution is 2.35. The van der Waals surface area contributed by atoms with E-state index < -0.39 is 0 Å². The van der Waals surface area contributed by atoms with Crippen molar-refractivity contribution in [3.63, 3.8) is 0 Å². The lowest BCUT2D eigenvalue weighted by molar-refractivity contribution is -0.125. The fourth-order valence-electron chi connectivity index (χ4n) is 3.15. The molecule has 0 saturated carbocycles. The summed E-state index contributed by atoms with van der Waals surface area (Å²) >= 11 is 1.50. The number of carbonyl (C=O) groups is 2. The van der Waals surface area contributed by atoms with Gasteiger partial charge in [0.2, 0.25) is 5.91 Å². The molecule has 0 fully saturated rings. The number of benzene rings is 2. The third-order valence-electron chi connectivity index (χ3n) is 4.61. The van der Waals surface area contributed by atoms with Gasteiger partial charge in [-0.1, -0.05) is 30.3 Å². The molecule has 6 nitrogen and oxygen atoms in total. The van der Waals surface area contributed by atoms with Crippen LogP contribution in [0.2, 0.25) is 0 Å². The summed E-state index contributed by atoms with van der Waals surface area (Å²) in [5, 5.41) is 4.89. The van der Waals surface area contributed by atoms with E-state index in [-0.39, 0.29) is 31.0 Å². The zero-order chi connectivity index (χ0) is 19.5. The molecule has 0 radical (unpaired) electrons. The predicted octanol–water partition coefficient (Wildman–Crippen LogP) is 3.41. The van der Waals surface area contributed by atoms with Crippen LogP contribution in [0.15, 0.2) is 59.4 Å². The first-order chi connectivity index (χ1) is 13.6. The normalized spacial score (nSPS) is 14.2. The van der Waals surface area contributed by atoms with Crippen LogP contribution in [0.25, 0.3) is 11.3 Å². The number of nitrogens with one attached hydrogen (secondary N) is 1. The molecule has 1 atom stereocenters. The maximum absolute atomic E-state index is 12.6. The SMILES string of the molecule is CC(NC(=O)CN1C(=O)COc2ccc(-c3cscn3)cc21)c1ccccc1. The molecule has 2 aromatic carbocycles. The number of nitrogens with zero attached hydrogens (tertiary/aromatic N) is 2. The number of hydrogen-bond acceptors (Lipinski definition) is 5. The number of ether oxygens (including phenoxy) is 1. The Morgan fingerprint density at radius 1 is 1.29 bits per heavy atom. The molecule has 3 aromatic rings. The first-order valence-corrected chi connectivity index (χ1v) is 9.86. The highest BCUT2D eigenvalue weighted by atomic mass is 32.1. The Balaban J connectivity index is 1.54. The molecular formula is C21H19N3O3S. The smallest absolute Gasteiger partial charge is 0.265 e. The van der Waals surface area contributed by atoms with Crippen LogP contribution >= 0.6 is 11.3 Å². The van der Waals surface area contributed by atoms with Gasteiger partial charge in [0.25, 0.3) is 5.91 Å². The molecule has 142 valence electrons. The van der Waals surface area contributed by atoms with Crippen molar-refractivity contribution >= 4 is 28.8 Å². The predicted molar refractivity (Wildman–Crippen MR) is 108 cm³/mol. The third-order valence-corrected chi connectivity index (χ3v) is 5.20. The lowest BCUT2D eigenvalue weighted by Gasteiger charge is -2.29. The van der Waals surface area contributed by atoms with E-state index in [0.717, 1.165) is 16.8 Å². The topological polar surface area (TPSA) is 71.5 Å². The Morgan fingerprint density at radius 3 is 2.86 bits per heavy atom. The second-order valence-corrected chi connectivity index (χ2v) is 7.24. The van der Waals surface area contributed by atoms with Gasteiger partial charge in [-0.05, 0) is 30.7 Å².